The van der Waals surface area contributed by atoms with E-state index in [9.17, 15) is 19.0 Å². The average Bonchev–Trinajstić information content (AvgIpc) is 2.50. The van der Waals surface area contributed by atoms with Gasteiger partial charge in [0.2, 0.25) is 5.91 Å². The van der Waals surface area contributed by atoms with Gasteiger partial charge in [0.15, 0.2) is 0 Å². The number of aryl methyl sites for hydroxylation is 1. The molecule has 0 spiro atoms. The minimum absolute atomic E-state index is 0.0695. The number of benzene rings is 1. The molecule has 0 radical (unpaired) electrons. The molecule has 0 saturated carbocycles. The van der Waals surface area contributed by atoms with E-state index in [0.29, 0.717) is 6.42 Å². The Kier molecular flexibility index (Phi) is 8.11. The van der Waals surface area contributed by atoms with Crippen molar-refractivity contribution >= 4 is 19.4 Å². The summed E-state index contributed by atoms with van der Waals surface area (Å²) in [6.07, 6.45) is 2.23. The van der Waals surface area contributed by atoms with Crippen molar-refractivity contribution in [1.82, 2.24) is 9.99 Å². The van der Waals surface area contributed by atoms with Crippen LogP contribution in [0.1, 0.15) is 25.3 Å². The number of nitrogens with zero attached hydrogens (tertiary/aromatic N) is 1. The fraction of sp³-hybridized carbons (Fsp3) is 0.500. The van der Waals surface area contributed by atoms with Crippen LogP contribution in [0.15, 0.2) is 30.3 Å². The number of hydrogen-bond donors (Lipinski definition) is 3. The van der Waals surface area contributed by atoms with E-state index in [-0.39, 0.29) is 6.16 Å². The Balaban J connectivity index is 2.37. The molecular weight excluding hydrogens is 331 g/mol. The average molecular weight is 356 g/mol. The van der Waals surface area contributed by atoms with Crippen molar-refractivity contribution in [2.75, 3.05) is 19.8 Å². The van der Waals surface area contributed by atoms with Crippen LogP contribution < -0.4 is 5.09 Å². The molecule has 0 saturated heterocycles. The highest BCUT2D eigenvalue weighted by Gasteiger charge is 2.26. The number of carbonyl (C=O) groups excluding carboxylic acids is 1. The molecule has 134 valence electrons. The summed E-state index contributed by atoms with van der Waals surface area (Å²) in [6, 6.07) is 8.95. The van der Waals surface area contributed by atoms with Crippen molar-refractivity contribution in [3.8, 4) is 0 Å². The first-order chi connectivity index (χ1) is 11.2. The number of carboxylic acids is 1. The van der Waals surface area contributed by atoms with Crippen LogP contribution in [0.5, 0.6) is 0 Å². The first-order valence-electron chi connectivity index (χ1n) is 7.81. The predicted octanol–water partition coefficient (Wildman–Crippen LogP) is 1.72. The molecule has 0 aliphatic rings. The lowest BCUT2D eigenvalue weighted by Crippen LogP contribution is -2.44. The molecule has 0 aliphatic heterocycles. The van der Waals surface area contributed by atoms with Gasteiger partial charge in [-0.1, -0.05) is 30.3 Å². The highest BCUT2D eigenvalue weighted by atomic mass is 31.2. The first-order valence-corrected chi connectivity index (χ1v) is 9.66. The summed E-state index contributed by atoms with van der Waals surface area (Å²) in [7, 11) is -2.30. The number of unbranched alkanes of at least 4 members (excludes halogenated alkanes) is 1. The number of aliphatic carboxylic acids is 1. The minimum atomic E-state index is -3.64. The molecule has 0 aliphatic carbocycles. The Morgan fingerprint density at radius 2 is 1.88 bits per heavy atom. The standard InChI is InChI=1S/C16H25N2O5P/c1-13(16(21)18(2)12-15(19)20)17-24(22,23)11-7-6-10-14-8-4-3-5-9-14/h3-5,8-9,13H,6-7,10-12H2,1-2H3,(H,19,20)(H2,17,22,23)/t13-/m0/s1. The van der Waals surface area contributed by atoms with Crippen LogP contribution in [0.25, 0.3) is 0 Å². The molecule has 1 unspecified atom stereocenters. The number of hydrogen-bond acceptors (Lipinski definition) is 3. The minimum Gasteiger partial charge on any atom is -0.480 e. The third kappa shape index (κ3) is 7.73. The van der Waals surface area contributed by atoms with Gasteiger partial charge in [-0.2, -0.15) is 0 Å². The van der Waals surface area contributed by atoms with E-state index in [1.807, 2.05) is 30.3 Å². The normalized spacial score (nSPS) is 14.6. The van der Waals surface area contributed by atoms with Crippen molar-refractivity contribution in [1.29, 1.82) is 0 Å². The van der Waals surface area contributed by atoms with Gasteiger partial charge in [-0.3, -0.25) is 14.2 Å². The van der Waals surface area contributed by atoms with E-state index in [1.54, 1.807) is 0 Å². The molecule has 7 nitrogen and oxygen atoms in total. The van der Waals surface area contributed by atoms with E-state index in [4.69, 9.17) is 5.11 Å². The topological polar surface area (TPSA) is 107 Å². The fourth-order valence-corrected chi connectivity index (χ4v) is 3.83. The Bertz CT molecular complexity index is 593. The van der Waals surface area contributed by atoms with E-state index in [2.05, 4.69) is 5.09 Å². The number of carbonyl (C=O) groups is 2. The molecule has 1 aromatic carbocycles. The van der Waals surface area contributed by atoms with Gasteiger partial charge in [0.1, 0.15) is 6.54 Å². The van der Waals surface area contributed by atoms with Crippen LogP contribution in [0.2, 0.25) is 0 Å². The fourth-order valence-electron chi connectivity index (χ4n) is 2.33. The summed E-state index contributed by atoms with van der Waals surface area (Å²) in [4.78, 5) is 33.5. The first kappa shape index (κ1) is 20.4. The lowest BCUT2D eigenvalue weighted by Gasteiger charge is -2.23. The Labute approximate surface area is 142 Å². The zero-order chi connectivity index (χ0) is 18.2. The van der Waals surface area contributed by atoms with E-state index in [1.165, 1.54) is 19.5 Å². The van der Waals surface area contributed by atoms with E-state index in [0.717, 1.165) is 17.7 Å². The number of amides is 1. The zero-order valence-corrected chi connectivity index (χ0v) is 14.9. The van der Waals surface area contributed by atoms with Crippen LogP contribution >= 0.6 is 7.52 Å². The highest BCUT2D eigenvalue weighted by Crippen LogP contribution is 2.37. The summed E-state index contributed by atoms with van der Waals surface area (Å²) in [6.45, 7) is 1.01. The van der Waals surface area contributed by atoms with Gasteiger partial charge in [-0.15, -0.1) is 0 Å². The molecule has 2 atom stereocenters. The number of nitrogens with one attached hydrogen (secondary N) is 1. The lowest BCUT2D eigenvalue weighted by atomic mass is 10.1. The van der Waals surface area contributed by atoms with Crippen LogP contribution in [-0.4, -0.2) is 52.6 Å². The lowest BCUT2D eigenvalue weighted by molar-refractivity contribution is -0.143. The molecule has 24 heavy (non-hydrogen) atoms. The number of rotatable bonds is 10. The SMILES string of the molecule is C[C@H](NP(=O)(O)CCCCc1ccccc1)C(=O)N(C)CC(=O)O. The largest absolute Gasteiger partial charge is 0.480 e. The van der Waals surface area contributed by atoms with Gasteiger partial charge in [0.05, 0.1) is 6.04 Å². The van der Waals surface area contributed by atoms with Gasteiger partial charge in [-0.25, -0.2) is 5.09 Å². The molecule has 1 aromatic rings. The Morgan fingerprint density at radius 1 is 1.25 bits per heavy atom. The summed E-state index contributed by atoms with van der Waals surface area (Å²) >= 11 is 0. The molecule has 3 N–H and O–H groups in total. The molecule has 0 heterocycles. The second kappa shape index (κ2) is 9.57. The number of carboxylic acid groups (broad SMARTS) is 1. The van der Waals surface area contributed by atoms with Gasteiger partial charge in [0, 0.05) is 13.2 Å². The van der Waals surface area contributed by atoms with Crippen molar-refractivity contribution in [2.45, 2.75) is 32.2 Å². The van der Waals surface area contributed by atoms with Gasteiger partial charge in [0.25, 0.3) is 7.52 Å². The summed E-state index contributed by atoms with van der Waals surface area (Å²) < 4.78 is 12.1. The second-order valence-electron chi connectivity index (χ2n) is 5.81. The summed E-state index contributed by atoms with van der Waals surface area (Å²) in [5.74, 6) is -1.66. The monoisotopic (exact) mass is 356 g/mol. The maximum Gasteiger partial charge on any atom is 0.323 e. The van der Waals surface area contributed by atoms with Gasteiger partial charge >= 0.3 is 5.97 Å². The van der Waals surface area contributed by atoms with Gasteiger partial charge in [-0.05, 0) is 31.7 Å². The molecule has 8 heteroatoms. The van der Waals surface area contributed by atoms with Crippen LogP contribution in [0.4, 0.5) is 0 Å². The van der Waals surface area contributed by atoms with Crippen molar-refractivity contribution in [2.24, 2.45) is 0 Å². The van der Waals surface area contributed by atoms with Crippen molar-refractivity contribution in [3.63, 3.8) is 0 Å². The van der Waals surface area contributed by atoms with Crippen LogP contribution in [0, 0.1) is 0 Å². The van der Waals surface area contributed by atoms with Crippen LogP contribution in [-0.2, 0) is 20.6 Å². The Morgan fingerprint density at radius 3 is 2.46 bits per heavy atom. The number of likely N-dealkylation sites (N-methyl/N-ethyl adjacent to an activating group) is 1. The predicted molar refractivity (Wildman–Crippen MR) is 91.9 cm³/mol. The van der Waals surface area contributed by atoms with Crippen LogP contribution in [0.3, 0.4) is 0 Å². The molecule has 1 rings (SSSR count). The summed E-state index contributed by atoms with van der Waals surface area (Å²) in [5.41, 5.74) is 1.18. The molecule has 0 aromatic heterocycles. The summed E-state index contributed by atoms with van der Waals surface area (Å²) in [5, 5.41) is 11.1. The second-order valence-corrected chi connectivity index (χ2v) is 7.92. The van der Waals surface area contributed by atoms with Gasteiger partial charge < -0.3 is 14.9 Å². The van der Waals surface area contributed by atoms with E-state index >= 15 is 0 Å². The quantitative estimate of drug-likeness (QED) is 0.435. The van der Waals surface area contributed by atoms with E-state index < -0.39 is 32.0 Å². The maximum atomic E-state index is 12.1. The van der Waals surface area contributed by atoms with Crippen molar-refractivity contribution in [3.05, 3.63) is 35.9 Å². The maximum absolute atomic E-state index is 12.1. The third-order valence-corrected chi connectivity index (χ3v) is 5.25. The Hall–Kier alpha value is -1.69. The molecule has 1 amide bonds. The zero-order valence-electron chi connectivity index (χ0n) is 14.0. The highest BCUT2D eigenvalue weighted by molar-refractivity contribution is 7.55. The third-order valence-electron chi connectivity index (χ3n) is 3.53. The molecule has 0 bridgehead atoms. The van der Waals surface area contributed by atoms with Crippen molar-refractivity contribution < 1.29 is 24.2 Å². The molecular formula is C16H25N2O5P. The smallest absolute Gasteiger partial charge is 0.323 e. The molecule has 0 fully saturated rings.